The molecule has 9 nitrogen and oxygen atoms in total. The highest BCUT2D eigenvalue weighted by atomic mass is 16.6. The molecule has 1 aliphatic heterocycles. The number of nitrogens with one attached hydrogen (secondary N) is 1. The van der Waals surface area contributed by atoms with Crippen molar-refractivity contribution in [1.29, 1.82) is 0 Å². The van der Waals surface area contributed by atoms with Crippen molar-refractivity contribution in [3.63, 3.8) is 0 Å². The van der Waals surface area contributed by atoms with Crippen molar-refractivity contribution in [3.8, 4) is 22.4 Å². The first-order valence-electron chi connectivity index (χ1n) is 13.8. The van der Waals surface area contributed by atoms with E-state index in [1.807, 2.05) is 75.4 Å². The van der Waals surface area contributed by atoms with E-state index in [0.29, 0.717) is 11.4 Å². The number of nitrogens with zero attached hydrogens (tertiary/aromatic N) is 5. The molecule has 212 valence electrons. The summed E-state index contributed by atoms with van der Waals surface area (Å²) in [5.41, 5.74) is 5.17. The second kappa shape index (κ2) is 11.8. The normalized spacial score (nSPS) is 15.0. The molecule has 3 aromatic carbocycles. The summed E-state index contributed by atoms with van der Waals surface area (Å²) < 4.78 is 7.05. The number of carbonyl (C=O) groups excluding carboxylic acids is 2. The van der Waals surface area contributed by atoms with Gasteiger partial charge < -0.3 is 19.9 Å². The molecule has 0 bridgehead atoms. The summed E-state index contributed by atoms with van der Waals surface area (Å²) in [5, 5.41) is 11.3. The van der Waals surface area contributed by atoms with Crippen LogP contribution in [0.15, 0.2) is 85.1 Å². The second-order valence-electron chi connectivity index (χ2n) is 11.3. The van der Waals surface area contributed by atoms with E-state index in [0.717, 1.165) is 41.9 Å². The van der Waals surface area contributed by atoms with Gasteiger partial charge in [0, 0.05) is 37.1 Å². The van der Waals surface area contributed by atoms with Crippen molar-refractivity contribution in [1.82, 2.24) is 19.9 Å². The lowest BCUT2D eigenvalue weighted by molar-refractivity contribution is -0.116. The SMILES string of the molecule is CN(C(=O)OC(C)(C)C)C1CCN(c2ccc(NC(=O)Cn3cc(-c4ccc(-c5ccccc5)cc4)nn3)cc2)C1. The molecule has 9 heteroatoms. The van der Waals surface area contributed by atoms with E-state index in [1.165, 1.54) is 4.68 Å². The molecule has 2 amide bonds. The number of hydrogen-bond donors (Lipinski definition) is 1. The first-order valence-corrected chi connectivity index (χ1v) is 13.8. The number of anilines is 2. The van der Waals surface area contributed by atoms with Gasteiger partial charge in [0.05, 0.1) is 12.2 Å². The Morgan fingerprint density at radius 1 is 0.951 bits per heavy atom. The number of benzene rings is 3. The Hall–Kier alpha value is -4.66. The molecule has 1 atom stereocenters. The molecule has 0 radical (unpaired) electrons. The molecule has 5 rings (SSSR count). The largest absolute Gasteiger partial charge is 0.444 e. The number of hydrogen-bond acceptors (Lipinski definition) is 6. The average molecular weight is 553 g/mol. The van der Waals surface area contributed by atoms with Crippen molar-refractivity contribution in [3.05, 3.63) is 85.1 Å². The van der Waals surface area contributed by atoms with Crippen molar-refractivity contribution < 1.29 is 14.3 Å². The fourth-order valence-corrected chi connectivity index (χ4v) is 4.85. The van der Waals surface area contributed by atoms with Crippen LogP contribution in [0.2, 0.25) is 0 Å². The molecule has 0 saturated carbocycles. The predicted molar refractivity (Wildman–Crippen MR) is 161 cm³/mol. The smallest absolute Gasteiger partial charge is 0.410 e. The van der Waals surface area contributed by atoms with E-state index in [2.05, 4.69) is 44.8 Å². The summed E-state index contributed by atoms with van der Waals surface area (Å²) >= 11 is 0. The zero-order valence-electron chi connectivity index (χ0n) is 23.9. The monoisotopic (exact) mass is 552 g/mol. The summed E-state index contributed by atoms with van der Waals surface area (Å²) in [6.45, 7) is 7.24. The fraction of sp³-hybridized carbons (Fsp3) is 0.312. The zero-order valence-corrected chi connectivity index (χ0v) is 23.9. The van der Waals surface area contributed by atoms with Crippen LogP contribution < -0.4 is 10.2 Å². The van der Waals surface area contributed by atoms with Crippen LogP contribution in [0.4, 0.5) is 16.2 Å². The topological polar surface area (TPSA) is 92.6 Å². The Balaban J connectivity index is 1.12. The molecule has 0 aliphatic carbocycles. The fourth-order valence-electron chi connectivity index (χ4n) is 4.85. The van der Waals surface area contributed by atoms with E-state index >= 15 is 0 Å². The van der Waals surface area contributed by atoms with Gasteiger partial charge in [0.15, 0.2) is 0 Å². The molecule has 41 heavy (non-hydrogen) atoms. The summed E-state index contributed by atoms with van der Waals surface area (Å²) in [5.74, 6) is -0.186. The van der Waals surface area contributed by atoms with E-state index in [-0.39, 0.29) is 24.6 Å². The molecule has 1 fully saturated rings. The van der Waals surface area contributed by atoms with Crippen molar-refractivity contribution >= 4 is 23.4 Å². The third kappa shape index (κ3) is 7.11. The zero-order chi connectivity index (χ0) is 29.0. The maximum Gasteiger partial charge on any atom is 0.410 e. The highest BCUT2D eigenvalue weighted by Gasteiger charge is 2.31. The maximum atomic E-state index is 12.7. The van der Waals surface area contributed by atoms with Gasteiger partial charge >= 0.3 is 6.09 Å². The molecule has 0 spiro atoms. The molecular weight excluding hydrogens is 516 g/mol. The van der Waals surface area contributed by atoms with Gasteiger partial charge in [-0.15, -0.1) is 5.10 Å². The van der Waals surface area contributed by atoms with Gasteiger partial charge in [0.2, 0.25) is 5.91 Å². The summed E-state index contributed by atoms with van der Waals surface area (Å²) in [4.78, 5) is 29.1. The number of aromatic nitrogens is 3. The highest BCUT2D eigenvalue weighted by Crippen LogP contribution is 2.26. The second-order valence-corrected chi connectivity index (χ2v) is 11.3. The maximum absolute atomic E-state index is 12.7. The number of ether oxygens (including phenoxy) is 1. The standard InChI is InChI=1S/C32H36N6O3/c1-32(2,3)41-31(40)36(4)28-18-19-37(20-28)27-16-14-26(15-17-27)33-30(39)22-38-21-29(34-35-38)25-12-10-24(11-13-25)23-8-6-5-7-9-23/h5-17,21,28H,18-20,22H2,1-4H3,(H,33,39). The lowest BCUT2D eigenvalue weighted by atomic mass is 10.0. The number of carbonyl (C=O) groups is 2. The summed E-state index contributed by atoms with van der Waals surface area (Å²) in [6, 6.07) is 26.2. The lowest BCUT2D eigenvalue weighted by Gasteiger charge is -2.28. The van der Waals surface area contributed by atoms with Gasteiger partial charge in [-0.2, -0.15) is 0 Å². The van der Waals surface area contributed by atoms with Gasteiger partial charge in [-0.1, -0.05) is 59.8 Å². The molecule has 2 heterocycles. The lowest BCUT2D eigenvalue weighted by Crippen LogP contribution is -2.42. The van der Waals surface area contributed by atoms with Gasteiger partial charge in [0.1, 0.15) is 17.8 Å². The van der Waals surface area contributed by atoms with E-state index in [9.17, 15) is 9.59 Å². The third-order valence-corrected chi connectivity index (χ3v) is 7.04. The Labute approximate surface area is 240 Å². The van der Waals surface area contributed by atoms with Crippen molar-refractivity contribution in [2.45, 2.75) is 45.4 Å². The molecular formula is C32H36N6O3. The third-order valence-electron chi connectivity index (χ3n) is 7.04. The van der Waals surface area contributed by atoms with Crippen LogP contribution in [-0.2, 0) is 16.1 Å². The number of rotatable bonds is 7. The van der Waals surface area contributed by atoms with Crippen molar-refractivity contribution in [2.75, 3.05) is 30.4 Å². The molecule has 1 N–H and O–H groups in total. The van der Waals surface area contributed by atoms with Crippen LogP contribution in [0.1, 0.15) is 27.2 Å². The Bertz CT molecular complexity index is 1480. The van der Waals surface area contributed by atoms with Crippen LogP contribution in [0.3, 0.4) is 0 Å². The summed E-state index contributed by atoms with van der Waals surface area (Å²) in [6.07, 6.45) is 2.34. The Morgan fingerprint density at radius 2 is 1.61 bits per heavy atom. The van der Waals surface area contributed by atoms with Crippen LogP contribution >= 0.6 is 0 Å². The van der Waals surface area contributed by atoms with Gasteiger partial charge in [-0.3, -0.25) is 4.79 Å². The van der Waals surface area contributed by atoms with Crippen LogP contribution in [0.5, 0.6) is 0 Å². The number of amides is 2. The quantitative estimate of drug-likeness (QED) is 0.316. The van der Waals surface area contributed by atoms with Crippen LogP contribution in [-0.4, -0.2) is 63.7 Å². The van der Waals surface area contributed by atoms with Gasteiger partial charge in [-0.25, -0.2) is 9.48 Å². The first kappa shape index (κ1) is 27.9. The average Bonchev–Trinajstić information content (AvgIpc) is 3.63. The first-order chi connectivity index (χ1) is 19.6. The Morgan fingerprint density at radius 3 is 2.29 bits per heavy atom. The number of likely N-dealkylation sites (N-methyl/N-ethyl adjacent to an activating group) is 1. The van der Waals surface area contributed by atoms with Gasteiger partial charge in [-0.05, 0) is 62.6 Å². The van der Waals surface area contributed by atoms with Gasteiger partial charge in [0.25, 0.3) is 0 Å². The predicted octanol–water partition coefficient (Wildman–Crippen LogP) is 5.70. The molecule has 1 saturated heterocycles. The van der Waals surface area contributed by atoms with E-state index in [1.54, 1.807) is 18.1 Å². The van der Waals surface area contributed by atoms with Crippen LogP contribution in [0.25, 0.3) is 22.4 Å². The Kier molecular flexibility index (Phi) is 8.05. The molecule has 1 aliphatic rings. The minimum atomic E-state index is -0.519. The molecule has 1 unspecified atom stereocenters. The highest BCUT2D eigenvalue weighted by molar-refractivity contribution is 5.90. The van der Waals surface area contributed by atoms with Crippen molar-refractivity contribution in [2.24, 2.45) is 0 Å². The van der Waals surface area contributed by atoms with Crippen LogP contribution in [0, 0.1) is 0 Å². The van der Waals surface area contributed by atoms with E-state index < -0.39 is 5.60 Å². The van der Waals surface area contributed by atoms with E-state index in [4.69, 9.17) is 4.74 Å². The summed E-state index contributed by atoms with van der Waals surface area (Å²) in [7, 11) is 1.79. The molecule has 4 aromatic rings. The minimum Gasteiger partial charge on any atom is -0.444 e. The molecule has 1 aromatic heterocycles. The minimum absolute atomic E-state index is 0.0572.